The zero-order valence-corrected chi connectivity index (χ0v) is 18.6. The predicted octanol–water partition coefficient (Wildman–Crippen LogP) is 6.14. The zero-order chi connectivity index (χ0) is 21.3. The van der Waals surface area contributed by atoms with Crippen molar-refractivity contribution in [3.8, 4) is 5.69 Å². The Morgan fingerprint density at radius 1 is 1.17 bits per heavy atom. The van der Waals surface area contributed by atoms with Crippen molar-refractivity contribution in [2.24, 2.45) is 0 Å². The molecule has 7 heteroatoms. The molecule has 1 unspecified atom stereocenters. The molecule has 154 valence electrons. The summed E-state index contributed by atoms with van der Waals surface area (Å²) in [6, 6.07) is 15.2. The number of aryl methyl sites for hydroxylation is 1. The molecule has 0 bridgehead atoms. The minimum absolute atomic E-state index is 0.121. The zero-order valence-electron chi connectivity index (χ0n) is 17.1. The van der Waals surface area contributed by atoms with Crippen LogP contribution >= 0.6 is 23.4 Å². The standard InChI is InChI=1S/C23H22ClN3O2S/c1-4-14(2)16-5-8-18(9-6-16)27-22(28)20-10-7-17(24)12-21(20)25-23(27)30-13-19-11-15(3)26-29-19/h5-12,14H,4,13H2,1-3H3. The number of aromatic nitrogens is 3. The third kappa shape index (κ3) is 4.16. The molecular weight excluding hydrogens is 418 g/mol. The molecule has 0 aliphatic heterocycles. The van der Waals surface area contributed by atoms with Gasteiger partial charge in [-0.25, -0.2) is 4.98 Å². The van der Waals surface area contributed by atoms with Crippen LogP contribution in [0.2, 0.25) is 5.02 Å². The number of rotatable bonds is 6. The number of halogens is 1. The molecule has 2 aromatic carbocycles. The van der Waals surface area contributed by atoms with E-state index in [1.54, 1.807) is 22.8 Å². The molecule has 2 heterocycles. The number of hydrogen-bond donors (Lipinski definition) is 0. The van der Waals surface area contributed by atoms with Gasteiger partial charge in [-0.05, 0) is 55.2 Å². The maximum atomic E-state index is 13.4. The fraction of sp³-hybridized carbons (Fsp3) is 0.261. The second-order valence-electron chi connectivity index (χ2n) is 7.32. The van der Waals surface area contributed by atoms with Crippen molar-refractivity contribution < 1.29 is 4.52 Å². The summed E-state index contributed by atoms with van der Waals surface area (Å²) in [5, 5.41) is 5.59. The van der Waals surface area contributed by atoms with E-state index in [2.05, 4.69) is 31.1 Å². The summed E-state index contributed by atoms with van der Waals surface area (Å²) in [6.07, 6.45) is 1.06. The van der Waals surface area contributed by atoms with Gasteiger partial charge < -0.3 is 4.52 Å². The molecule has 0 aliphatic carbocycles. The molecule has 0 saturated carbocycles. The molecule has 4 rings (SSSR count). The number of fused-ring (bicyclic) bond motifs is 1. The van der Waals surface area contributed by atoms with Gasteiger partial charge in [-0.15, -0.1) is 0 Å². The second kappa shape index (κ2) is 8.66. The highest BCUT2D eigenvalue weighted by molar-refractivity contribution is 7.98. The number of thioether (sulfide) groups is 1. The molecule has 30 heavy (non-hydrogen) atoms. The lowest BCUT2D eigenvalue weighted by Crippen LogP contribution is -2.21. The van der Waals surface area contributed by atoms with Crippen LogP contribution in [0.4, 0.5) is 0 Å². The van der Waals surface area contributed by atoms with Crippen LogP contribution in [-0.4, -0.2) is 14.7 Å². The summed E-state index contributed by atoms with van der Waals surface area (Å²) in [5.41, 5.74) is 3.32. The molecule has 0 amide bonds. The van der Waals surface area contributed by atoms with Crippen molar-refractivity contribution in [2.75, 3.05) is 0 Å². The minimum atomic E-state index is -0.121. The molecule has 4 aromatic rings. The topological polar surface area (TPSA) is 60.9 Å². The Labute approximate surface area is 184 Å². The van der Waals surface area contributed by atoms with Crippen LogP contribution in [0.25, 0.3) is 16.6 Å². The molecule has 0 aliphatic rings. The molecule has 0 fully saturated rings. The van der Waals surface area contributed by atoms with E-state index < -0.39 is 0 Å². The van der Waals surface area contributed by atoms with Crippen LogP contribution in [0.5, 0.6) is 0 Å². The summed E-state index contributed by atoms with van der Waals surface area (Å²) in [4.78, 5) is 18.1. The highest BCUT2D eigenvalue weighted by Gasteiger charge is 2.15. The van der Waals surface area contributed by atoms with Gasteiger partial charge in [0.1, 0.15) is 5.76 Å². The first-order valence-electron chi connectivity index (χ1n) is 9.84. The normalized spacial score (nSPS) is 12.4. The van der Waals surface area contributed by atoms with Gasteiger partial charge in [0.05, 0.1) is 28.0 Å². The number of nitrogens with zero attached hydrogens (tertiary/aromatic N) is 3. The van der Waals surface area contributed by atoms with Crippen LogP contribution in [0.15, 0.2) is 63.0 Å². The van der Waals surface area contributed by atoms with Gasteiger partial charge in [0.15, 0.2) is 5.16 Å². The van der Waals surface area contributed by atoms with Crippen LogP contribution in [0, 0.1) is 6.92 Å². The Morgan fingerprint density at radius 3 is 2.60 bits per heavy atom. The largest absolute Gasteiger partial charge is 0.360 e. The number of benzene rings is 2. The first-order chi connectivity index (χ1) is 14.5. The van der Waals surface area contributed by atoms with Crippen molar-refractivity contribution in [3.63, 3.8) is 0 Å². The summed E-state index contributed by atoms with van der Waals surface area (Å²) < 4.78 is 6.97. The van der Waals surface area contributed by atoms with Crippen molar-refractivity contribution in [2.45, 2.75) is 44.0 Å². The summed E-state index contributed by atoms with van der Waals surface area (Å²) in [7, 11) is 0. The van der Waals surface area contributed by atoms with Gasteiger partial charge in [0.25, 0.3) is 5.56 Å². The molecule has 5 nitrogen and oxygen atoms in total. The quantitative estimate of drug-likeness (QED) is 0.266. The van der Waals surface area contributed by atoms with Crippen molar-refractivity contribution in [1.82, 2.24) is 14.7 Å². The highest BCUT2D eigenvalue weighted by atomic mass is 35.5. The lowest BCUT2D eigenvalue weighted by Gasteiger charge is -2.15. The molecule has 0 radical (unpaired) electrons. The Bertz CT molecular complexity index is 1250. The molecule has 2 aromatic heterocycles. The lowest BCUT2D eigenvalue weighted by atomic mass is 9.98. The van der Waals surface area contributed by atoms with Crippen LogP contribution in [-0.2, 0) is 5.75 Å². The average Bonchev–Trinajstić information content (AvgIpc) is 3.17. The predicted molar refractivity (Wildman–Crippen MR) is 122 cm³/mol. The fourth-order valence-corrected chi connectivity index (χ4v) is 4.32. The van der Waals surface area contributed by atoms with E-state index in [1.807, 2.05) is 25.1 Å². The first-order valence-corrected chi connectivity index (χ1v) is 11.2. The smallest absolute Gasteiger partial charge is 0.266 e. The molecule has 0 saturated heterocycles. The Balaban J connectivity index is 1.82. The summed E-state index contributed by atoms with van der Waals surface area (Å²) in [6.45, 7) is 6.24. The van der Waals surface area contributed by atoms with Gasteiger partial charge in [-0.2, -0.15) is 0 Å². The van der Waals surface area contributed by atoms with E-state index in [0.29, 0.717) is 32.8 Å². The van der Waals surface area contributed by atoms with Gasteiger partial charge >= 0.3 is 0 Å². The van der Waals surface area contributed by atoms with Crippen molar-refractivity contribution in [1.29, 1.82) is 0 Å². The molecule has 0 spiro atoms. The van der Waals surface area contributed by atoms with Crippen LogP contribution in [0.1, 0.15) is 43.2 Å². The van der Waals surface area contributed by atoms with E-state index in [-0.39, 0.29) is 5.56 Å². The van der Waals surface area contributed by atoms with E-state index >= 15 is 0 Å². The monoisotopic (exact) mass is 439 g/mol. The van der Waals surface area contributed by atoms with Crippen molar-refractivity contribution >= 4 is 34.3 Å². The average molecular weight is 440 g/mol. The van der Waals surface area contributed by atoms with Gasteiger partial charge in [-0.1, -0.05) is 54.5 Å². The van der Waals surface area contributed by atoms with Crippen LogP contribution in [0.3, 0.4) is 0 Å². The van der Waals surface area contributed by atoms with Gasteiger partial charge in [-0.3, -0.25) is 9.36 Å². The number of hydrogen-bond acceptors (Lipinski definition) is 5. The maximum Gasteiger partial charge on any atom is 0.266 e. The Kier molecular flexibility index (Phi) is 5.97. The maximum absolute atomic E-state index is 13.4. The third-order valence-corrected chi connectivity index (χ3v) is 6.35. The molecule has 1 atom stereocenters. The van der Waals surface area contributed by atoms with E-state index in [0.717, 1.165) is 23.6 Å². The Morgan fingerprint density at radius 2 is 1.93 bits per heavy atom. The van der Waals surface area contributed by atoms with Gasteiger partial charge in [0.2, 0.25) is 0 Å². The lowest BCUT2D eigenvalue weighted by molar-refractivity contribution is 0.391. The summed E-state index contributed by atoms with van der Waals surface area (Å²) in [5.74, 6) is 1.72. The minimum Gasteiger partial charge on any atom is -0.360 e. The SMILES string of the molecule is CCC(C)c1ccc(-n2c(SCc3cc(C)no3)nc3cc(Cl)ccc3c2=O)cc1. The van der Waals surface area contributed by atoms with Gasteiger partial charge in [0, 0.05) is 11.1 Å². The Hall–Kier alpha value is -2.57. The molecular formula is C23H22ClN3O2S. The van der Waals surface area contributed by atoms with E-state index in [4.69, 9.17) is 21.1 Å². The van der Waals surface area contributed by atoms with E-state index in [1.165, 1.54) is 17.3 Å². The summed E-state index contributed by atoms with van der Waals surface area (Å²) >= 11 is 7.57. The van der Waals surface area contributed by atoms with Crippen LogP contribution < -0.4 is 5.56 Å². The third-order valence-electron chi connectivity index (χ3n) is 5.15. The second-order valence-corrected chi connectivity index (χ2v) is 8.70. The first kappa shape index (κ1) is 20.7. The van der Waals surface area contributed by atoms with Crippen molar-refractivity contribution in [3.05, 3.63) is 80.9 Å². The molecule has 0 N–H and O–H groups in total. The van der Waals surface area contributed by atoms with E-state index in [9.17, 15) is 4.79 Å². The highest BCUT2D eigenvalue weighted by Crippen LogP contribution is 2.27. The fourth-order valence-electron chi connectivity index (χ4n) is 3.27.